The Labute approximate surface area is 113 Å². The molecule has 2 N–H and O–H groups in total. The summed E-state index contributed by atoms with van der Waals surface area (Å²) < 4.78 is 0. The van der Waals surface area contributed by atoms with E-state index in [1.54, 1.807) is 5.57 Å². The number of hydrogen-bond acceptors (Lipinski definition) is 1. The first kappa shape index (κ1) is 14.1. The Morgan fingerprint density at radius 1 is 0.944 bits per heavy atom. The van der Waals surface area contributed by atoms with Crippen LogP contribution in [0.25, 0.3) is 0 Å². The van der Waals surface area contributed by atoms with Crippen LogP contribution in [0, 0.1) is 5.92 Å². The fourth-order valence-electron chi connectivity index (χ4n) is 3.66. The topological polar surface area (TPSA) is 26.0 Å². The van der Waals surface area contributed by atoms with Crippen molar-refractivity contribution in [2.75, 3.05) is 0 Å². The molecular weight excluding hydrogens is 218 g/mol. The molecule has 0 heterocycles. The van der Waals surface area contributed by atoms with Crippen LogP contribution >= 0.6 is 0 Å². The van der Waals surface area contributed by atoms with Gasteiger partial charge in [0.2, 0.25) is 0 Å². The lowest BCUT2D eigenvalue weighted by molar-refractivity contribution is 0.399. The molecule has 0 radical (unpaired) electrons. The molecule has 0 aliphatic heterocycles. The maximum atomic E-state index is 6.48. The molecular formula is C17H31N. The van der Waals surface area contributed by atoms with Gasteiger partial charge in [-0.05, 0) is 38.0 Å². The zero-order chi connectivity index (χ0) is 12.6. The highest BCUT2D eigenvalue weighted by Crippen LogP contribution is 2.29. The molecule has 0 amide bonds. The van der Waals surface area contributed by atoms with Crippen LogP contribution in [0.4, 0.5) is 0 Å². The van der Waals surface area contributed by atoms with Gasteiger partial charge in [0.15, 0.2) is 0 Å². The van der Waals surface area contributed by atoms with Crippen molar-refractivity contribution in [1.29, 1.82) is 0 Å². The molecule has 0 aromatic carbocycles. The second-order valence-corrected chi connectivity index (χ2v) is 6.43. The standard InChI is InChI=1S/C17H31N/c18-17(14-15-10-6-4-5-7-11-15)16-12-8-2-1-3-9-13-16/h12,15,17H,1-11,13-14,18H2. The average Bonchev–Trinajstić information content (AvgIpc) is 2.57. The molecule has 0 saturated heterocycles. The van der Waals surface area contributed by atoms with E-state index in [-0.39, 0.29) is 0 Å². The van der Waals surface area contributed by atoms with E-state index in [2.05, 4.69) is 6.08 Å². The van der Waals surface area contributed by atoms with E-state index in [4.69, 9.17) is 5.73 Å². The molecule has 104 valence electrons. The Balaban J connectivity index is 1.82. The van der Waals surface area contributed by atoms with Crippen molar-refractivity contribution in [2.24, 2.45) is 11.7 Å². The molecule has 1 fully saturated rings. The predicted octanol–water partition coefficient (Wildman–Crippen LogP) is 4.95. The van der Waals surface area contributed by atoms with Gasteiger partial charge in [0, 0.05) is 6.04 Å². The first-order valence-electron chi connectivity index (χ1n) is 8.31. The summed E-state index contributed by atoms with van der Waals surface area (Å²) in [7, 11) is 0. The molecule has 1 saturated carbocycles. The highest BCUT2D eigenvalue weighted by Gasteiger charge is 2.18. The van der Waals surface area contributed by atoms with Crippen molar-refractivity contribution in [1.82, 2.24) is 0 Å². The molecule has 0 aromatic heterocycles. The van der Waals surface area contributed by atoms with Crippen LogP contribution < -0.4 is 5.73 Å². The minimum absolute atomic E-state index is 0.367. The Hall–Kier alpha value is -0.300. The first-order valence-corrected chi connectivity index (χ1v) is 8.31. The van der Waals surface area contributed by atoms with Gasteiger partial charge in [-0.15, -0.1) is 0 Å². The van der Waals surface area contributed by atoms with E-state index in [0.717, 1.165) is 5.92 Å². The Morgan fingerprint density at radius 2 is 1.61 bits per heavy atom. The van der Waals surface area contributed by atoms with Gasteiger partial charge < -0.3 is 5.73 Å². The van der Waals surface area contributed by atoms with Crippen molar-refractivity contribution in [2.45, 2.75) is 89.5 Å². The van der Waals surface area contributed by atoms with E-state index < -0.39 is 0 Å². The maximum absolute atomic E-state index is 6.48. The average molecular weight is 249 g/mol. The zero-order valence-electron chi connectivity index (χ0n) is 12.0. The monoisotopic (exact) mass is 249 g/mol. The van der Waals surface area contributed by atoms with Crippen molar-refractivity contribution in [3.63, 3.8) is 0 Å². The summed E-state index contributed by atoms with van der Waals surface area (Å²) in [6, 6.07) is 0.367. The molecule has 2 aliphatic rings. The van der Waals surface area contributed by atoms with Gasteiger partial charge in [-0.1, -0.05) is 63.0 Å². The Bertz CT molecular complexity index is 248. The lowest BCUT2D eigenvalue weighted by Crippen LogP contribution is -2.26. The van der Waals surface area contributed by atoms with Crippen molar-refractivity contribution < 1.29 is 0 Å². The minimum atomic E-state index is 0.367. The molecule has 18 heavy (non-hydrogen) atoms. The van der Waals surface area contributed by atoms with Gasteiger partial charge in [0.25, 0.3) is 0 Å². The quantitative estimate of drug-likeness (QED) is 0.555. The third kappa shape index (κ3) is 4.76. The number of hydrogen-bond donors (Lipinski definition) is 1. The summed E-state index contributed by atoms with van der Waals surface area (Å²) in [5.74, 6) is 0.911. The lowest BCUT2D eigenvalue weighted by Gasteiger charge is -2.23. The van der Waals surface area contributed by atoms with Crippen LogP contribution in [0.3, 0.4) is 0 Å². The molecule has 1 nitrogen and oxygen atoms in total. The fraction of sp³-hybridized carbons (Fsp3) is 0.882. The normalized spacial score (nSPS) is 25.7. The largest absolute Gasteiger partial charge is 0.324 e. The Morgan fingerprint density at radius 3 is 2.39 bits per heavy atom. The molecule has 2 aliphatic carbocycles. The van der Waals surface area contributed by atoms with Gasteiger partial charge in [-0.3, -0.25) is 0 Å². The van der Waals surface area contributed by atoms with E-state index in [0.29, 0.717) is 6.04 Å². The molecule has 1 unspecified atom stereocenters. The van der Waals surface area contributed by atoms with Crippen LogP contribution in [-0.4, -0.2) is 6.04 Å². The van der Waals surface area contributed by atoms with Gasteiger partial charge in [-0.2, -0.15) is 0 Å². The van der Waals surface area contributed by atoms with Crippen LogP contribution in [0.1, 0.15) is 83.5 Å². The molecule has 0 bridgehead atoms. The molecule has 1 heteroatoms. The predicted molar refractivity (Wildman–Crippen MR) is 79.6 cm³/mol. The summed E-state index contributed by atoms with van der Waals surface area (Å²) in [6.45, 7) is 0. The second-order valence-electron chi connectivity index (χ2n) is 6.43. The van der Waals surface area contributed by atoms with Crippen molar-refractivity contribution >= 4 is 0 Å². The third-order valence-corrected chi connectivity index (χ3v) is 4.86. The van der Waals surface area contributed by atoms with E-state index in [9.17, 15) is 0 Å². The van der Waals surface area contributed by atoms with Gasteiger partial charge in [-0.25, -0.2) is 0 Å². The molecule has 0 spiro atoms. The fourth-order valence-corrected chi connectivity index (χ4v) is 3.66. The maximum Gasteiger partial charge on any atom is 0.0256 e. The lowest BCUT2D eigenvalue weighted by atomic mass is 9.87. The van der Waals surface area contributed by atoms with Crippen molar-refractivity contribution in [3.8, 4) is 0 Å². The van der Waals surface area contributed by atoms with Crippen LogP contribution in [-0.2, 0) is 0 Å². The zero-order valence-corrected chi connectivity index (χ0v) is 12.0. The van der Waals surface area contributed by atoms with Gasteiger partial charge >= 0.3 is 0 Å². The summed E-state index contributed by atoms with van der Waals surface area (Å²) >= 11 is 0. The second kappa shape index (κ2) is 7.99. The summed E-state index contributed by atoms with van der Waals surface area (Å²) in [4.78, 5) is 0. The third-order valence-electron chi connectivity index (χ3n) is 4.86. The minimum Gasteiger partial charge on any atom is -0.324 e. The van der Waals surface area contributed by atoms with E-state index >= 15 is 0 Å². The van der Waals surface area contributed by atoms with E-state index in [1.807, 2.05) is 0 Å². The van der Waals surface area contributed by atoms with E-state index in [1.165, 1.54) is 83.5 Å². The van der Waals surface area contributed by atoms with Crippen LogP contribution in [0.15, 0.2) is 11.6 Å². The smallest absolute Gasteiger partial charge is 0.0256 e. The highest BCUT2D eigenvalue weighted by atomic mass is 14.6. The number of rotatable bonds is 3. The molecule has 1 atom stereocenters. The molecule has 2 rings (SSSR count). The number of allylic oxidation sites excluding steroid dienone is 1. The first-order chi connectivity index (χ1) is 8.86. The van der Waals surface area contributed by atoms with Crippen LogP contribution in [0.2, 0.25) is 0 Å². The highest BCUT2D eigenvalue weighted by molar-refractivity contribution is 5.11. The number of nitrogens with two attached hydrogens (primary N) is 1. The Kier molecular flexibility index (Phi) is 6.26. The SMILES string of the molecule is NC(CC1CCCCCC1)C1=CCCCCCC1. The molecule has 0 aromatic rings. The van der Waals surface area contributed by atoms with Crippen LogP contribution in [0.5, 0.6) is 0 Å². The summed E-state index contributed by atoms with van der Waals surface area (Å²) in [6.07, 6.45) is 20.5. The summed E-state index contributed by atoms with van der Waals surface area (Å²) in [5, 5.41) is 0. The van der Waals surface area contributed by atoms with Gasteiger partial charge in [0.05, 0.1) is 0 Å². The summed E-state index contributed by atoms with van der Waals surface area (Å²) in [5.41, 5.74) is 8.06. The van der Waals surface area contributed by atoms with Gasteiger partial charge in [0.1, 0.15) is 0 Å². The van der Waals surface area contributed by atoms with Crippen molar-refractivity contribution in [3.05, 3.63) is 11.6 Å².